The molecule has 0 aromatic carbocycles. The highest BCUT2D eigenvalue weighted by atomic mass is 32.2. The third-order valence-corrected chi connectivity index (χ3v) is 7.07. The number of sulfonamides is 1. The highest BCUT2D eigenvalue weighted by Crippen LogP contribution is 2.45. The van der Waals surface area contributed by atoms with Crippen molar-refractivity contribution in [2.24, 2.45) is 11.8 Å². The number of hydrogen-bond donors (Lipinski definition) is 2. The zero-order valence-electron chi connectivity index (χ0n) is 12.0. The molecule has 2 saturated carbocycles. The molecule has 0 unspecified atom stereocenters. The summed E-state index contributed by atoms with van der Waals surface area (Å²) < 4.78 is 28.5. The maximum atomic E-state index is 12.8. The third-order valence-electron chi connectivity index (χ3n) is 4.15. The van der Waals surface area contributed by atoms with E-state index in [1.807, 2.05) is 19.4 Å². The van der Waals surface area contributed by atoms with Gasteiger partial charge in [-0.1, -0.05) is 0 Å². The molecule has 3 rings (SSSR count). The average Bonchev–Trinajstić information content (AvgIpc) is 3.26. The van der Waals surface area contributed by atoms with E-state index in [2.05, 4.69) is 10.0 Å². The molecule has 112 valence electrons. The Morgan fingerprint density at radius 2 is 1.90 bits per heavy atom. The molecule has 6 heteroatoms. The topological polar surface area (TPSA) is 58.2 Å². The minimum atomic E-state index is -3.39. The molecule has 4 nitrogen and oxygen atoms in total. The molecule has 0 amide bonds. The van der Waals surface area contributed by atoms with Crippen LogP contribution in [0.4, 0.5) is 0 Å². The van der Waals surface area contributed by atoms with Crippen molar-refractivity contribution in [1.29, 1.82) is 0 Å². The van der Waals surface area contributed by atoms with E-state index in [0.717, 1.165) is 10.4 Å². The molecule has 0 radical (unpaired) electrons. The summed E-state index contributed by atoms with van der Waals surface area (Å²) in [6, 6.07) is 0.168. The normalized spacial score (nSPS) is 19.8. The van der Waals surface area contributed by atoms with Gasteiger partial charge in [0.1, 0.15) is 4.90 Å². The monoisotopic (exact) mass is 314 g/mol. The van der Waals surface area contributed by atoms with E-state index in [9.17, 15) is 8.42 Å². The first kappa shape index (κ1) is 14.5. The Balaban J connectivity index is 1.85. The first-order valence-electron chi connectivity index (χ1n) is 7.27. The Morgan fingerprint density at radius 3 is 2.40 bits per heavy atom. The number of nitrogens with one attached hydrogen (secondary N) is 2. The van der Waals surface area contributed by atoms with Gasteiger partial charge in [0.25, 0.3) is 0 Å². The summed E-state index contributed by atoms with van der Waals surface area (Å²) in [6.07, 6.45) is 4.71. The molecule has 0 bridgehead atoms. The summed E-state index contributed by atoms with van der Waals surface area (Å²) in [5.74, 6) is 1.15. The van der Waals surface area contributed by atoms with Crippen LogP contribution in [0.25, 0.3) is 0 Å². The molecule has 0 aliphatic heterocycles. The van der Waals surface area contributed by atoms with Crippen molar-refractivity contribution in [2.45, 2.75) is 50.1 Å². The SMILES string of the molecule is CNCc1scc(C)c1S(=O)(=O)NC(C1CC1)C1CC1. The summed E-state index contributed by atoms with van der Waals surface area (Å²) in [6.45, 7) is 2.49. The second-order valence-corrected chi connectivity index (χ2v) is 8.64. The van der Waals surface area contributed by atoms with Crippen LogP contribution in [0.1, 0.15) is 36.1 Å². The maximum absolute atomic E-state index is 12.8. The second kappa shape index (κ2) is 5.40. The van der Waals surface area contributed by atoms with E-state index in [0.29, 0.717) is 23.3 Å². The predicted molar refractivity (Wildman–Crippen MR) is 81.4 cm³/mol. The molecule has 2 N–H and O–H groups in total. The number of thiophene rings is 1. The Labute approximate surface area is 125 Å². The van der Waals surface area contributed by atoms with Crippen LogP contribution in [0, 0.1) is 18.8 Å². The third kappa shape index (κ3) is 2.93. The molecule has 1 heterocycles. The molecule has 1 aromatic rings. The quantitative estimate of drug-likeness (QED) is 0.811. The maximum Gasteiger partial charge on any atom is 0.242 e. The van der Waals surface area contributed by atoms with Crippen molar-refractivity contribution in [2.75, 3.05) is 7.05 Å². The predicted octanol–water partition coefficient (Wildman–Crippen LogP) is 2.24. The Bertz CT molecular complexity index is 574. The summed E-state index contributed by atoms with van der Waals surface area (Å²) in [4.78, 5) is 1.41. The number of rotatable bonds is 7. The van der Waals surface area contributed by atoms with E-state index >= 15 is 0 Å². The van der Waals surface area contributed by atoms with E-state index in [4.69, 9.17) is 0 Å². The molecule has 1 aromatic heterocycles. The highest BCUT2D eigenvalue weighted by Gasteiger charge is 2.44. The minimum Gasteiger partial charge on any atom is -0.315 e. The van der Waals surface area contributed by atoms with Crippen LogP contribution in [-0.4, -0.2) is 21.5 Å². The van der Waals surface area contributed by atoms with Crippen LogP contribution >= 0.6 is 11.3 Å². The van der Waals surface area contributed by atoms with Crippen molar-refractivity contribution in [3.05, 3.63) is 15.8 Å². The lowest BCUT2D eigenvalue weighted by atomic mass is 10.1. The van der Waals surface area contributed by atoms with Crippen LogP contribution in [0.3, 0.4) is 0 Å². The van der Waals surface area contributed by atoms with Crippen LogP contribution in [0.5, 0.6) is 0 Å². The van der Waals surface area contributed by atoms with Gasteiger partial charge in [-0.15, -0.1) is 11.3 Å². The minimum absolute atomic E-state index is 0.168. The molecule has 0 spiro atoms. The van der Waals surface area contributed by atoms with E-state index in [-0.39, 0.29) is 6.04 Å². The van der Waals surface area contributed by atoms with Crippen LogP contribution < -0.4 is 10.0 Å². The van der Waals surface area contributed by atoms with Gasteiger partial charge in [-0.05, 0) is 62.4 Å². The molecule has 0 atom stereocenters. The van der Waals surface area contributed by atoms with Gasteiger partial charge in [-0.3, -0.25) is 0 Å². The Morgan fingerprint density at radius 1 is 1.30 bits per heavy atom. The van der Waals surface area contributed by atoms with Gasteiger partial charge in [-0.25, -0.2) is 13.1 Å². The van der Waals surface area contributed by atoms with E-state index in [1.165, 1.54) is 37.0 Å². The van der Waals surface area contributed by atoms with E-state index in [1.54, 1.807) is 0 Å². The van der Waals surface area contributed by atoms with Crippen LogP contribution in [-0.2, 0) is 16.6 Å². The van der Waals surface area contributed by atoms with Crippen LogP contribution in [0.2, 0.25) is 0 Å². The standard InChI is InChI=1S/C14H22N2O2S2/c1-9-8-19-12(7-15-2)14(9)20(17,18)16-13(10-3-4-10)11-5-6-11/h8,10-11,13,15-16H,3-7H2,1-2H3. The van der Waals surface area contributed by atoms with Crippen molar-refractivity contribution in [1.82, 2.24) is 10.0 Å². The first-order chi connectivity index (χ1) is 9.53. The van der Waals surface area contributed by atoms with Gasteiger partial charge in [0.2, 0.25) is 10.0 Å². The summed E-state index contributed by atoms with van der Waals surface area (Å²) >= 11 is 1.52. The summed E-state index contributed by atoms with van der Waals surface area (Å²) in [5, 5.41) is 4.99. The lowest BCUT2D eigenvalue weighted by Crippen LogP contribution is -2.38. The van der Waals surface area contributed by atoms with Gasteiger partial charge in [-0.2, -0.15) is 0 Å². The van der Waals surface area contributed by atoms with Crippen molar-refractivity contribution >= 4 is 21.4 Å². The van der Waals surface area contributed by atoms with E-state index < -0.39 is 10.0 Å². The zero-order valence-corrected chi connectivity index (χ0v) is 13.6. The molecular weight excluding hydrogens is 292 g/mol. The Kier molecular flexibility index (Phi) is 3.92. The lowest BCUT2D eigenvalue weighted by Gasteiger charge is -2.18. The zero-order chi connectivity index (χ0) is 14.3. The second-order valence-electron chi connectivity index (χ2n) is 6.02. The molecular formula is C14H22N2O2S2. The largest absolute Gasteiger partial charge is 0.315 e. The molecule has 20 heavy (non-hydrogen) atoms. The smallest absolute Gasteiger partial charge is 0.242 e. The van der Waals surface area contributed by atoms with Gasteiger partial charge in [0, 0.05) is 17.5 Å². The average molecular weight is 314 g/mol. The number of hydrogen-bond acceptors (Lipinski definition) is 4. The fourth-order valence-corrected chi connectivity index (χ4v) is 6.05. The molecule has 2 aliphatic rings. The molecule has 0 saturated heterocycles. The van der Waals surface area contributed by atoms with Crippen molar-refractivity contribution < 1.29 is 8.42 Å². The van der Waals surface area contributed by atoms with Gasteiger partial charge >= 0.3 is 0 Å². The number of aryl methyl sites for hydroxylation is 1. The molecule has 2 fully saturated rings. The fourth-order valence-electron chi connectivity index (χ4n) is 2.86. The fraction of sp³-hybridized carbons (Fsp3) is 0.714. The summed E-state index contributed by atoms with van der Waals surface area (Å²) in [7, 11) is -1.55. The van der Waals surface area contributed by atoms with Gasteiger partial charge < -0.3 is 5.32 Å². The van der Waals surface area contributed by atoms with Gasteiger partial charge in [0.15, 0.2) is 0 Å². The highest BCUT2D eigenvalue weighted by molar-refractivity contribution is 7.89. The lowest BCUT2D eigenvalue weighted by molar-refractivity contribution is 0.471. The van der Waals surface area contributed by atoms with Crippen molar-refractivity contribution in [3.8, 4) is 0 Å². The van der Waals surface area contributed by atoms with Crippen molar-refractivity contribution in [3.63, 3.8) is 0 Å². The molecule has 2 aliphatic carbocycles. The summed E-state index contributed by atoms with van der Waals surface area (Å²) in [5.41, 5.74) is 0.859. The Hall–Kier alpha value is -0.430. The first-order valence-corrected chi connectivity index (χ1v) is 9.63. The van der Waals surface area contributed by atoms with Crippen LogP contribution in [0.15, 0.2) is 10.3 Å². The van der Waals surface area contributed by atoms with Gasteiger partial charge in [0.05, 0.1) is 0 Å².